The van der Waals surface area contributed by atoms with Crippen molar-refractivity contribution in [3.63, 3.8) is 0 Å². The molecule has 0 fully saturated rings. The first-order chi connectivity index (χ1) is 8.52. The van der Waals surface area contributed by atoms with Crippen molar-refractivity contribution in [2.45, 2.75) is 26.7 Å². The highest BCUT2D eigenvalue weighted by Crippen LogP contribution is 2.20. The summed E-state index contributed by atoms with van der Waals surface area (Å²) >= 11 is 0. The van der Waals surface area contributed by atoms with E-state index in [9.17, 15) is 9.59 Å². The van der Waals surface area contributed by atoms with Crippen molar-refractivity contribution in [2.75, 3.05) is 17.2 Å². The maximum Gasteiger partial charge on any atom is 0.224 e. The van der Waals surface area contributed by atoms with Crippen LogP contribution in [0.5, 0.6) is 0 Å². The zero-order valence-corrected chi connectivity index (χ0v) is 10.7. The topological polar surface area (TPSA) is 84.2 Å². The van der Waals surface area contributed by atoms with Crippen LogP contribution in [0, 0.1) is 6.92 Å². The number of carbonyl (C=O) groups excluding carboxylic acids is 2. The predicted octanol–water partition coefficient (Wildman–Crippen LogP) is 1.63. The van der Waals surface area contributed by atoms with Gasteiger partial charge in [0.05, 0.1) is 0 Å². The smallest absolute Gasteiger partial charge is 0.224 e. The SMILES string of the molecule is CC(=O)Nc1cc(NC(=O)CCCN)ccc1C. The molecule has 4 N–H and O–H groups in total. The van der Waals surface area contributed by atoms with Crippen LogP contribution in [-0.4, -0.2) is 18.4 Å². The van der Waals surface area contributed by atoms with Gasteiger partial charge < -0.3 is 16.4 Å². The molecule has 5 nitrogen and oxygen atoms in total. The lowest BCUT2D eigenvalue weighted by molar-refractivity contribution is -0.116. The molecule has 0 atom stereocenters. The normalized spacial score (nSPS) is 9.94. The molecule has 0 aliphatic heterocycles. The van der Waals surface area contributed by atoms with Crippen LogP contribution in [-0.2, 0) is 9.59 Å². The van der Waals surface area contributed by atoms with Crippen LogP contribution < -0.4 is 16.4 Å². The van der Waals surface area contributed by atoms with Gasteiger partial charge in [-0.3, -0.25) is 9.59 Å². The summed E-state index contributed by atoms with van der Waals surface area (Å²) in [5, 5.41) is 5.49. The Balaban J connectivity index is 2.72. The fourth-order valence-corrected chi connectivity index (χ4v) is 1.51. The Morgan fingerprint density at radius 3 is 2.61 bits per heavy atom. The van der Waals surface area contributed by atoms with Gasteiger partial charge in [0.2, 0.25) is 11.8 Å². The molecule has 0 radical (unpaired) electrons. The van der Waals surface area contributed by atoms with Crippen LogP contribution in [0.4, 0.5) is 11.4 Å². The summed E-state index contributed by atoms with van der Waals surface area (Å²) in [6.45, 7) is 3.84. The largest absolute Gasteiger partial charge is 0.330 e. The molecule has 1 aromatic rings. The first-order valence-corrected chi connectivity index (χ1v) is 5.91. The molecule has 18 heavy (non-hydrogen) atoms. The van der Waals surface area contributed by atoms with Crippen molar-refractivity contribution in [1.82, 2.24) is 0 Å². The molecule has 5 heteroatoms. The number of benzene rings is 1. The predicted molar refractivity (Wildman–Crippen MR) is 72.4 cm³/mol. The molecule has 0 saturated carbocycles. The van der Waals surface area contributed by atoms with Gasteiger partial charge in [0, 0.05) is 24.7 Å². The van der Waals surface area contributed by atoms with Crippen LogP contribution in [0.15, 0.2) is 18.2 Å². The minimum atomic E-state index is -0.135. The Kier molecular flexibility index (Phi) is 5.32. The molecular weight excluding hydrogens is 230 g/mol. The number of hydrogen-bond acceptors (Lipinski definition) is 3. The molecular formula is C13H19N3O2. The van der Waals surface area contributed by atoms with Gasteiger partial charge in [-0.1, -0.05) is 6.07 Å². The van der Waals surface area contributed by atoms with Gasteiger partial charge in [-0.2, -0.15) is 0 Å². The number of amides is 2. The van der Waals surface area contributed by atoms with E-state index in [1.165, 1.54) is 6.92 Å². The van der Waals surface area contributed by atoms with Crippen molar-refractivity contribution in [2.24, 2.45) is 5.73 Å². The van der Waals surface area contributed by atoms with Crippen molar-refractivity contribution in [3.8, 4) is 0 Å². The molecule has 0 spiro atoms. The summed E-state index contributed by atoms with van der Waals surface area (Å²) in [6.07, 6.45) is 1.07. The van der Waals surface area contributed by atoms with E-state index in [2.05, 4.69) is 10.6 Å². The molecule has 0 aromatic heterocycles. The van der Waals surface area contributed by atoms with Gasteiger partial charge in [-0.05, 0) is 37.6 Å². The van der Waals surface area contributed by atoms with E-state index in [0.717, 1.165) is 5.56 Å². The van der Waals surface area contributed by atoms with E-state index in [1.807, 2.05) is 13.0 Å². The van der Waals surface area contributed by atoms with Gasteiger partial charge in [0.15, 0.2) is 0 Å². The zero-order valence-electron chi connectivity index (χ0n) is 10.7. The number of nitrogens with one attached hydrogen (secondary N) is 2. The lowest BCUT2D eigenvalue weighted by Crippen LogP contribution is -2.14. The molecule has 2 amide bonds. The number of anilines is 2. The molecule has 98 valence electrons. The Bertz CT molecular complexity index is 444. The molecule has 0 heterocycles. The zero-order chi connectivity index (χ0) is 13.5. The molecule has 1 rings (SSSR count). The Labute approximate surface area is 107 Å². The Morgan fingerprint density at radius 2 is 2.00 bits per heavy atom. The third-order valence-corrected chi connectivity index (χ3v) is 2.44. The van der Waals surface area contributed by atoms with Crippen molar-refractivity contribution < 1.29 is 9.59 Å². The number of aryl methyl sites for hydroxylation is 1. The number of carbonyl (C=O) groups is 2. The molecule has 0 bridgehead atoms. The summed E-state index contributed by atoms with van der Waals surface area (Å²) in [6, 6.07) is 5.40. The van der Waals surface area contributed by atoms with Crippen molar-refractivity contribution >= 4 is 23.2 Å². The average molecular weight is 249 g/mol. The monoisotopic (exact) mass is 249 g/mol. The highest BCUT2D eigenvalue weighted by molar-refractivity contribution is 5.93. The second-order valence-corrected chi connectivity index (χ2v) is 4.15. The highest BCUT2D eigenvalue weighted by atomic mass is 16.2. The number of hydrogen-bond donors (Lipinski definition) is 3. The van der Waals surface area contributed by atoms with E-state index in [1.54, 1.807) is 12.1 Å². The Hall–Kier alpha value is -1.88. The average Bonchev–Trinajstić information content (AvgIpc) is 2.30. The highest BCUT2D eigenvalue weighted by Gasteiger charge is 2.05. The van der Waals surface area contributed by atoms with Crippen LogP contribution in [0.25, 0.3) is 0 Å². The second kappa shape index (κ2) is 6.76. The van der Waals surface area contributed by atoms with E-state index >= 15 is 0 Å². The van der Waals surface area contributed by atoms with Crippen molar-refractivity contribution in [3.05, 3.63) is 23.8 Å². The van der Waals surface area contributed by atoms with E-state index in [0.29, 0.717) is 30.8 Å². The fourth-order valence-electron chi connectivity index (χ4n) is 1.51. The number of rotatable bonds is 5. The number of nitrogens with two attached hydrogens (primary N) is 1. The van der Waals surface area contributed by atoms with Gasteiger partial charge in [-0.25, -0.2) is 0 Å². The van der Waals surface area contributed by atoms with Crippen LogP contribution in [0.2, 0.25) is 0 Å². The molecule has 0 saturated heterocycles. The maximum atomic E-state index is 11.5. The standard InChI is InChI=1S/C13H19N3O2/c1-9-5-6-11(8-12(9)15-10(2)17)16-13(18)4-3-7-14/h5-6,8H,3-4,7,14H2,1-2H3,(H,15,17)(H,16,18). The third kappa shape index (κ3) is 4.55. The first kappa shape index (κ1) is 14.2. The summed E-state index contributed by atoms with van der Waals surface area (Å²) in [5.74, 6) is -0.206. The third-order valence-electron chi connectivity index (χ3n) is 2.44. The van der Waals surface area contributed by atoms with Crippen LogP contribution >= 0.6 is 0 Å². The van der Waals surface area contributed by atoms with E-state index in [4.69, 9.17) is 5.73 Å². The van der Waals surface area contributed by atoms with Gasteiger partial charge in [0.25, 0.3) is 0 Å². The lowest BCUT2D eigenvalue weighted by atomic mass is 10.1. The molecule has 0 unspecified atom stereocenters. The lowest BCUT2D eigenvalue weighted by Gasteiger charge is -2.10. The van der Waals surface area contributed by atoms with E-state index < -0.39 is 0 Å². The van der Waals surface area contributed by atoms with Gasteiger partial charge >= 0.3 is 0 Å². The first-order valence-electron chi connectivity index (χ1n) is 5.91. The quantitative estimate of drug-likeness (QED) is 0.741. The minimum absolute atomic E-state index is 0.0712. The van der Waals surface area contributed by atoms with Crippen molar-refractivity contribution in [1.29, 1.82) is 0 Å². The second-order valence-electron chi connectivity index (χ2n) is 4.15. The summed E-state index contributed by atoms with van der Waals surface area (Å²) in [5.41, 5.74) is 7.67. The van der Waals surface area contributed by atoms with Crippen LogP contribution in [0.1, 0.15) is 25.3 Å². The summed E-state index contributed by atoms with van der Waals surface area (Å²) < 4.78 is 0. The maximum absolute atomic E-state index is 11.5. The molecule has 1 aromatic carbocycles. The van der Waals surface area contributed by atoms with E-state index in [-0.39, 0.29) is 11.8 Å². The Morgan fingerprint density at radius 1 is 1.28 bits per heavy atom. The summed E-state index contributed by atoms with van der Waals surface area (Å²) in [4.78, 5) is 22.6. The van der Waals surface area contributed by atoms with Gasteiger partial charge in [-0.15, -0.1) is 0 Å². The van der Waals surface area contributed by atoms with Crippen LogP contribution in [0.3, 0.4) is 0 Å². The van der Waals surface area contributed by atoms with Gasteiger partial charge in [0.1, 0.15) is 0 Å². The molecule has 0 aliphatic carbocycles. The fraction of sp³-hybridized carbons (Fsp3) is 0.385. The minimum Gasteiger partial charge on any atom is -0.330 e. The molecule has 0 aliphatic rings. The summed E-state index contributed by atoms with van der Waals surface area (Å²) in [7, 11) is 0.